The molecule has 132 valence electrons. The van der Waals surface area contributed by atoms with E-state index in [4.69, 9.17) is 4.74 Å². The van der Waals surface area contributed by atoms with E-state index in [1.54, 1.807) is 11.3 Å². The van der Waals surface area contributed by atoms with Crippen LogP contribution >= 0.6 is 11.3 Å². The van der Waals surface area contributed by atoms with E-state index in [2.05, 4.69) is 26.1 Å². The molecule has 0 aliphatic heterocycles. The van der Waals surface area contributed by atoms with Crippen LogP contribution in [0, 0.1) is 17.3 Å². The van der Waals surface area contributed by atoms with Crippen molar-refractivity contribution >= 4 is 28.2 Å². The summed E-state index contributed by atoms with van der Waals surface area (Å²) in [5.74, 6) is 0.462. The van der Waals surface area contributed by atoms with Crippen LogP contribution in [-0.4, -0.2) is 19.0 Å². The molecule has 1 fully saturated rings. The van der Waals surface area contributed by atoms with Crippen molar-refractivity contribution < 1.29 is 14.3 Å². The second kappa shape index (κ2) is 6.51. The molecule has 0 unspecified atom stereocenters. The third-order valence-electron chi connectivity index (χ3n) is 5.86. The van der Waals surface area contributed by atoms with Gasteiger partial charge in [-0.05, 0) is 49.0 Å². The molecule has 1 saturated carbocycles. The summed E-state index contributed by atoms with van der Waals surface area (Å²) in [6.07, 6.45) is 6.03. The van der Waals surface area contributed by atoms with Gasteiger partial charge in [0.25, 0.3) is 0 Å². The Morgan fingerprint density at radius 1 is 1.29 bits per heavy atom. The van der Waals surface area contributed by atoms with Crippen LogP contribution in [0.25, 0.3) is 0 Å². The Bertz CT molecular complexity index is 658. The highest BCUT2D eigenvalue weighted by Gasteiger charge is 2.37. The molecule has 1 aromatic heterocycles. The molecule has 3 rings (SSSR count). The lowest BCUT2D eigenvalue weighted by molar-refractivity contribution is -0.117. The van der Waals surface area contributed by atoms with Crippen molar-refractivity contribution in [3.05, 3.63) is 16.0 Å². The molecular formula is C19H27NO3S. The molecule has 24 heavy (non-hydrogen) atoms. The Labute approximate surface area is 148 Å². The number of nitrogens with one attached hydrogen (secondary N) is 1. The van der Waals surface area contributed by atoms with Gasteiger partial charge in [0, 0.05) is 10.8 Å². The van der Waals surface area contributed by atoms with E-state index in [0.29, 0.717) is 21.9 Å². The van der Waals surface area contributed by atoms with E-state index in [1.165, 1.54) is 12.0 Å². The molecule has 1 atom stereocenters. The first-order valence-corrected chi connectivity index (χ1v) is 9.72. The van der Waals surface area contributed by atoms with E-state index in [-0.39, 0.29) is 17.8 Å². The van der Waals surface area contributed by atoms with Crippen LogP contribution in [0.2, 0.25) is 0 Å². The maximum atomic E-state index is 12.3. The number of carbonyl (C=O) groups excluding carboxylic acids is 2. The number of hydrogen-bond donors (Lipinski definition) is 1. The van der Waals surface area contributed by atoms with Gasteiger partial charge in [0.05, 0.1) is 12.7 Å². The number of amides is 1. The normalized spacial score (nSPS) is 20.4. The minimum atomic E-state index is -0.327. The SMILES string of the molecule is CCC(C)(C)[C@H]1CCc2c(sc(NC(=O)C3CC3)c2C(=O)OC)C1. The molecule has 5 heteroatoms. The first-order chi connectivity index (χ1) is 11.4. The van der Waals surface area contributed by atoms with Gasteiger partial charge in [-0.15, -0.1) is 11.3 Å². The van der Waals surface area contributed by atoms with Gasteiger partial charge in [-0.25, -0.2) is 4.79 Å². The zero-order chi connectivity index (χ0) is 17.5. The van der Waals surface area contributed by atoms with Gasteiger partial charge < -0.3 is 10.1 Å². The van der Waals surface area contributed by atoms with Crippen molar-refractivity contribution in [3.63, 3.8) is 0 Å². The molecule has 1 heterocycles. The van der Waals surface area contributed by atoms with Gasteiger partial charge in [-0.1, -0.05) is 27.2 Å². The highest BCUT2D eigenvalue weighted by molar-refractivity contribution is 7.17. The van der Waals surface area contributed by atoms with Crippen molar-refractivity contribution in [2.75, 3.05) is 12.4 Å². The number of fused-ring (bicyclic) bond motifs is 1. The zero-order valence-corrected chi connectivity index (χ0v) is 15.8. The fourth-order valence-corrected chi connectivity index (χ4v) is 4.83. The van der Waals surface area contributed by atoms with Crippen molar-refractivity contribution in [2.45, 2.75) is 59.3 Å². The summed E-state index contributed by atoms with van der Waals surface area (Å²) in [5, 5.41) is 3.68. The first kappa shape index (κ1) is 17.5. The van der Waals surface area contributed by atoms with Crippen LogP contribution in [0.1, 0.15) is 67.3 Å². The number of ether oxygens (including phenoxy) is 1. The summed E-state index contributed by atoms with van der Waals surface area (Å²) in [7, 11) is 1.41. The van der Waals surface area contributed by atoms with Gasteiger partial charge in [-0.3, -0.25) is 4.79 Å². The van der Waals surface area contributed by atoms with Crippen LogP contribution in [0.4, 0.5) is 5.00 Å². The van der Waals surface area contributed by atoms with Crippen molar-refractivity contribution in [1.29, 1.82) is 0 Å². The van der Waals surface area contributed by atoms with E-state index in [1.807, 2.05) is 0 Å². The van der Waals surface area contributed by atoms with Crippen molar-refractivity contribution in [3.8, 4) is 0 Å². The fraction of sp³-hybridized carbons (Fsp3) is 0.684. The summed E-state index contributed by atoms with van der Waals surface area (Å²) in [6.45, 7) is 6.89. The Morgan fingerprint density at radius 3 is 2.58 bits per heavy atom. The van der Waals surface area contributed by atoms with Gasteiger partial charge in [0.1, 0.15) is 5.00 Å². The molecule has 0 aromatic carbocycles. The monoisotopic (exact) mass is 349 g/mol. The maximum absolute atomic E-state index is 12.3. The topological polar surface area (TPSA) is 55.4 Å². The minimum absolute atomic E-state index is 0.0455. The number of rotatable bonds is 5. The fourth-order valence-electron chi connectivity index (χ4n) is 3.51. The van der Waals surface area contributed by atoms with Crippen LogP contribution in [0.3, 0.4) is 0 Å². The number of carbonyl (C=O) groups is 2. The van der Waals surface area contributed by atoms with Gasteiger partial charge in [-0.2, -0.15) is 0 Å². The molecule has 4 nitrogen and oxygen atoms in total. The molecule has 0 radical (unpaired) electrons. The number of anilines is 1. The predicted octanol–water partition coefficient (Wildman–Crippen LogP) is 4.42. The summed E-state index contributed by atoms with van der Waals surface area (Å²) in [4.78, 5) is 25.7. The standard InChI is InChI=1S/C19H27NO3S/c1-5-19(2,3)12-8-9-13-14(10-12)24-17(15(13)18(22)23-4)20-16(21)11-6-7-11/h11-12H,5-10H2,1-4H3,(H,20,21)/t12-/m0/s1. The molecule has 1 aromatic rings. The molecule has 0 bridgehead atoms. The maximum Gasteiger partial charge on any atom is 0.341 e. The smallest absolute Gasteiger partial charge is 0.341 e. The lowest BCUT2D eigenvalue weighted by Gasteiger charge is -2.36. The average molecular weight is 349 g/mol. The third-order valence-corrected chi connectivity index (χ3v) is 7.03. The van der Waals surface area contributed by atoms with Gasteiger partial charge >= 0.3 is 5.97 Å². The zero-order valence-electron chi connectivity index (χ0n) is 15.0. The number of thiophene rings is 1. The predicted molar refractivity (Wildman–Crippen MR) is 96.6 cm³/mol. The molecular weight excluding hydrogens is 322 g/mol. The van der Waals surface area contributed by atoms with Gasteiger partial charge in [0.2, 0.25) is 5.91 Å². The highest BCUT2D eigenvalue weighted by atomic mass is 32.1. The average Bonchev–Trinajstić information content (AvgIpc) is 3.35. The Balaban J connectivity index is 1.91. The highest BCUT2D eigenvalue weighted by Crippen LogP contribution is 2.46. The number of methoxy groups -OCH3 is 1. The second-order valence-electron chi connectivity index (χ2n) is 7.74. The summed E-state index contributed by atoms with van der Waals surface area (Å²) < 4.78 is 4.99. The first-order valence-electron chi connectivity index (χ1n) is 8.91. The summed E-state index contributed by atoms with van der Waals surface area (Å²) >= 11 is 1.58. The Kier molecular flexibility index (Phi) is 4.73. The van der Waals surface area contributed by atoms with Gasteiger partial charge in [0.15, 0.2) is 0 Å². The van der Waals surface area contributed by atoms with Crippen molar-refractivity contribution in [2.24, 2.45) is 17.3 Å². The molecule has 0 saturated heterocycles. The Morgan fingerprint density at radius 2 is 2.00 bits per heavy atom. The van der Waals surface area contributed by atoms with Crippen LogP contribution in [-0.2, 0) is 22.4 Å². The van der Waals surface area contributed by atoms with E-state index in [0.717, 1.165) is 44.1 Å². The van der Waals surface area contributed by atoms with E-state index < -0.39 is 0 Å². The molecule has 1 N–H and O–H groups in total. The minimum Gasteiger partial charge on any atom is -0.465 e. The lowest BCUT2D eigenvalue weighted by atomic mass is 9.69. The van der Waals surface area contributed by atoms with E-state index in [9.17, 15) is 9.59 Å². The summed E-state index contributed by atoms with van der Waals surface area (Å²) in [5.41, 5.74) is 1.99. The van der Waals surface area contributed by atoms with E-state index >= 15 is 0 Å². The summed E-state index contributed by atoms with van der Waals surface area (Å²) in [6, 6.07) is 0. The lowest BCUT2D eigenvalue weighted by Crippen LogP contribution is -2.28. The third kappa shape index (κ3) is 3.23. The second-order valence-corrected chi connectivity index (χ2v) is 8.85. The molecule has 2 aliphatic rings. The van der Waals surface area contributed by atoms with Crippen LogP contribution in [0.5, 0.6) is 0 Å². The van der Waals surface area contributed by atoms with Crippen LogP contribution < -0.4 is 5.32 Å². The quantitative estimate of drug-likeness (QED) is 0.800. The molecule has 0 spiro atoms. The number of hydrogen-bond acceptors (Lipinski definition) is 4. The largest absolute Gasteiger partial charge is 0.465 e. The number of esters is 1. The van der Waals surface area contributed by atoms with Crippen LogP contribution in [0.15, 0.2) is 0 Å². The Hall–Kier alpha value is -1.36. The molecule has 2 aliphatic carbocycles. The molecule has 1 amide bonds. The van der Waals surface area contributed by atoms with Crippen molar-refractivity contribution in [1.82, 2.24) is 0 Å².